The summed E-state index contributed by atoms with van der Waals surface area (Å²) in [4.78, 5) is 12.7. The number of nitrogens with zero attached hydrogens (tertiary/aromatic N) is 1. The molecule has 0 radical (unpaired) electrons. The minimum atomic E-state index is -3.58. The molecule has 0 unspecified atom stereocenters. The average Bonchev–Trinajstić information content (AvgIpc) is 2.94. The highest BCUT2D eigenvalue weighted by molar-refractivity contribution is 7.92. The third kappa shape index (κ3) is 7.51. The molecule has 7 heteroatoms. The number of hydrogen-bond donors (Lipinski definition) is 1. The Hall–Kier alpha value is -4.10. The van der Waals surface area contributed by atoms with Gasteiger partial charge in [-0.2, -0.15) is 0 Å². The molecule has 4 aromatic rings. The van der Waals surface area contributed by atoms with Crippen LogP contribution >= 0.6 is 0 Å². The number of carbonyl (C=O) groups is 1. The number of carbonyl (C=O) groups excluding carboxylic acids is 1. The lowest BCUT2D eigenvalue weighted by Crippen LogP contribution is -2.30. The van der Waals surface area contributed by atoms with Crippen molar-refractivity contribution in [1.82, 2.24) is 5.32 Å². The molecule has 0 atom stereocenters. The molecule has 4 aromatic carbocycles. The molecule has 0 aliphatic rings. The summed E-state index contributed by atoms with van der Waals surface area (Å²) in [5.74, 6) is 0.545. The first kappa shape index (κ1) is 28.9. The highest BCUT2D eigenvalue weighted by Crippen LogP contribution is 2.33. The Kier molecular flexibility index (Phi) is 8.95. The van der Waals surface area contributed by atoms with Crippen molar-refractivity contribution in [2.75, 3.05) is 23.7 Å². The molecule has 0 bridgehead atoms. The van der Waals surface area contributed by atoms with Gasteiger partial charge in [0.25, 0.3) is 5.91 Å². The van der Waals surface area contributed by atoms with E-state index in [9.17, 15) is 13.2 Å². The third-order valence-electron chi connectivity index (χ3n) is 6.58. The van der Waals surface area contributed by atoms with Gasteiger partial charge in [-0.3, -0.25) is 9.10 Å². The van der Waals surface area contributed by atoms with Gasteiger partial charge < -0.3 is 10.1 Å². The minimum absolute atomic E-state index is 0.0811. The van der Waals surface area contributed by atoms with Gasteiger partial charge in [-0.15, -0.1) is 0 Å². The van der Waals surface area contributed by atoms with Crippen LogP contribution in [0.4, 0.5) is 5.69 Å². The summed E-state index contributed by atoms with van der Waals surface area (Å²) >= 11 is 0. The summed E-state index contributed by atoms with van der Waals surface area (Å²) in [6.07, 6.45) is 1.21. The zero-order valence-corrected chi connectivity index (χ0v) is 24.2. The van der Waals surface area contributed by atoms with Crippen molar-refractivity contribution >= 4 is 21.6 Å². The predicted octanol–water partition coefficient (Wildman–Crippen LogP) is 6.43. The summed E-state index contributed by atoms with van der Waals surface area (Å²) in [7, 11) is -3.58. The summed E-state index contributed by atoms with van der Waals surface area (Å²) in [6.45, 7) is 7.35. The number of nitrogens with one attached hydrogen (secondary N) is 1. The molecule has 0 fully saturated rings. The first-order valence-electron chi connectivity index (χ1n) is 13.2. The Morgan fingerprint density at radius 2 is 1.45 bits per heavy atom. The van der Waals surface area contributed by atoms with Crippen molar-refractivity contribution in [2.24, 2.45) is 0 Å². The van der Waals surface area contributed by atoms with Crippen LogP contribution in [0.25, 0.3) is 11.1 Å². The Balaban J connectivity index is 1.38. The lowest BCUT2D eigenvalue weighted by molar-refractivity contribution is 0.0947. The Morgan fingerprint density at radius 1 is 0.825 bits per heavy atom. The highest BCUT2D eigenvalue weighted by atomic mass is 32.2. The van der Waals surface area contributed by atoms with Crippen molar-refractivity contribution in [2.45, 2.75) is 32.7 Å². The first-order valence-corrected chi connectivity index (χ1v) is 15.1. The van der Waals surface area contributed by atoms with Gasteiger partial charge >= 0.3 is 0 Å². The molecule has 0 aliphatic heterocycles. The van der Waals surface area contributed by atoms with Crippen LogP contribution in [0.15, 0.2) is 103 Å². The van der Waals surface area contributed by atoms with E-state index in [2.05, 4.69) is 38.2 Å². The lowest BCUT2D eigenvalue weighted by atomic mass is 9.87. The predicted molar refractivity (Wildman–Crippen MR) is 162 cm³/mol. The van der Waals surface area contributed by atoms with Crippen molar-refractivity contribution in [3.63, 3.8) is 0 Å². The van der Waals surface area contributed by atoms with Gasteiger partial charge in [0.1, 0.15) is 12.4 Å². The van der Waals surface area contributed by atoms with E-state index in [1.54, 1.807) is 24.3 Å². The zero-order chi connectivity index (χ0) is 28.8. The third-order valence-corrected chi connectivity index (χ3v) is 7.70. The number of sulfonamides is 1. The quantitative estimate of drug-likeness (QED) is 0.229. The largest absolute Gasteiger partial charge is 0.492 e. The SMILES string of the molecule is CC(C)(C)c1ccc(OCCNC(=O)c2ccc(CN(c3ccccc3-c3ccccc3)S(C)(=O)=O)cc2)cc1. The van der Waals surface area contributed by atoms with Gasteiger partial charge in [0.15, 0.2) is 0 Å². The van der Waals surface area contributed by atoms with Crippen LogP contribution in [0, 0.1) is 0 Å². The van der Waals surface area contributed by atoms with Gasteiger partial charge in [-0.1, -0.05) is 93.6 Å². The number of amides is 1. The molecular weight excluding hydrogens is 520 g/mol. The van der Waals surface area contributed by atoms with Gasteiger partial charge in [0, 0.05) is 11.1 Å². The van der Waals surface area contributed by atoms with E-state index in [4.69, 9.17) is 4.74 Å². The van der Waals surface area contributed by atoms with Crippen LogP contribution in [-0.2, 0) is 22.0 Å². The summed E-state index contributed by atoms with van der Waals surface area (Å²) in [6, 6.07) is 32.1. The monoisotopic (exact) mass is 556 g/mol. The number of ether oxygens (including phenoxy) is 1. The maximum Gasteiger partial charge on any atom is 0.251 e. The maximum absolute atomic E-state index is 12.9. The Labute approximate surface area is 237 Å². The van der Waals surface area contributed by atoms with E-state index in [0.29, 0.717) is 24.4 Å². The molecule has 0 heterocycles. The van der Waals surface area contributed by atoms with E-state index >= 15 is 0 Å². The van der Waals surface area contributed by atoms with Crippen molar-refractivity contribution in [3.8, 4) is 16.9 Å². The lowest BCUT2D eigenvalue weighted by Gasteiger charge is -2.25. The first-order chi connectivity index (χ1) is 19.0. The molecule has 1 N–H and O–H groups in total. The fourth-order valence-corrected chi connectivity index (χ4v) is 5.25. The second-order valence-electron chi connectivity index (χ2n) is 10.7. The smallest absolute Gasteiger partial charge is 0.251 e. The van der Waals surface area contributed by atoms with Crippen LogP contribution in [-0.4, -0.2) is 33.7 Å². The fourth-order valence-electron chi connectivity index (χ4n) is 4.35. The molecule has 6 nitrogen and oxygen atoms in total. The summed E-state index contributed by atoms with van der Waals surface area (Å²) in [5.41, 5.74) is 4.95. The molecule has 208 valence electrons. The minimum Gasteiger partial charge on any atom is -0.492 e. The van der Waals surface area contributed by atoms with E-state index in [1.807, 2.05) is 66.7 Å². The molecule has 4 rings (SSSR count). The van der Waals surface area contributed by atoms with Crippen molar-refractivity contribution in [3.05, 3.63) is 120 Å². The number of para-hydroxylation sites is 1. The van der Waals surface area contributed by atoms with Gasteiger partial charge in [-0.05, 0) is 52.4 Å². The van der Waals surface area contributed by atoms with Gasteiger partial charge in [0.2, 0.25) is 10.0 Å². The van der Waals surface area contributed by atoms with Crippen LogP contribution in [0.5, 0.6) is 5.75 Å². The van der Waals surface area contributed by atoms with Crippen molar-refractivity contribution in [1.29, 1.82) is 0 Å². The van der Waals surface area contributed by atoms with Crippen LogP contribution in [0.2, 0.25) is 0 Å². The van der Waals surface area contributed by atoms with E-state index in [1.165, 1.54) is 16.1 Å². The van der Waals surface area contributed by atoms with E-state index in [0.717, 1.165) is 22.4 Å². The molecule has 40 heavy (non-hydrogen) atoms. The summed E-state index contributed by atoms with van der Waals surface area (Å²) in [5, 5.41) is 2.87. The standard InChI is InChI=1S/C33H36N2O4S/c1-33(2,3)28-18-20-29(21-19-28)39-23-22-34-32(36)27-16-14-25(15-17-27)24-35(40(4,37)38)31-13-9-8-12-30(31)26-10-6-5-7-11-26/h5-21H,22-24H2,1-4H3,(H,34,36). The highest BCUT2D eigenvalue weighted by Gasteiger charge is 2.21. The number of hydrogen-bond acceptors (Lipinski definition) is 4. The molecule has 0 aromatic heterocycles. The molecule has 1 amide bonds. The fraction of sp³-hybridized carbons (Fsp3) is 0.242. The molecule has 0 saturated carbocycles. The van der Waals surface area contributed by atoms with Gasteiger partial charge in [0.05, 0.1) is 25.0 Å². The maximum atomic E-state index is 12.9. The normalized spacial score (nSPS) is 11.6. The molecule has 0 aliphatic carbocycles. The number of anilines is 1. The topological polar surface area (TPSA) is 75.7 Å². The summed E-state index contributed by atoms with van der Waals surface area (Å²) < 4.78 is 32.9. The Morgan fingerprint density at radius 3 is 2.08 bits per heavy atom. The number of benzene rings is 4. The van der Waals surface area contributed by atoms with Crippen LogP contribution in [0.1, 0.15) is 42.3 Å². The second kappa shape index (κ2) is 12.4. The average molecular weight is 557 g/mol. The molecule has 0 saturated heterocycles. The van der Waals surface area contributed by atoms with Gasteiger partial charge in [-0.25, -0.2) is 8.42 Å². The van der Waals surface area contributed by atoms with Crippen LogP contribution < -0.4 is 14.4 Å². The molecule has 0 spiro atoms. The van der Waals surface area contributed by atoms with E-state index < -0.39 is 10.0 Å². The van der Waals surface area contributed by atoms with Crippen LogP contribution in [0.3, 0.4) is 0 Å². The van der Waals surface area contributed by atoms with E-state index in [-0.39, 0.29) is 17.9 Å². The second-order valence-corrected chi connectivity index (χ2v) is 12.6. The number of rotatable bonds is 10. The Bertz CT molecular complexity index is 1530. The molecular formula is C33H36N2O4S. The van der Waals surface area contributed by atoms with Crippen molar-refractivity contribution < 1.29 is 17.9 Å². The zero-order valence-electron chi connectivity index (χ0n) is 23.4.